The van der Waals surface area contributed by atoms with Crippen molar-refractivity contribution < 1.29 is 29.0 Å². The molecule has 0 amide bonds. The van der Waals surface area contributed by atoms with Crippen LogP contribution in [0.2, 0.25) is 0 Å². The summed E-state index contributed by atoms with van der Waals surface area (Å²) in [6.45, 7) is 0. The molecule has 0 atom stereocenters. The van der Waals surface area contributed by atoms with E-state index >= 15 is 0 Å². The average Bonchev–Trinajstić information content (AvgIpc) is 2.04. The third kappa shape index (κ3) is 1.63. The number of para-hydroxylation sites is 2. The fourth-order valence-corrected chi connectivity index (χ4v) is 1.03. The molecule has 0 unspecified atom stereocenters. The first-order valence-corrected chi connectivity index (χ1v) is 3.36. The lowest BCUT2D eigenvalue weighted by atomic mass is 10.3. The monoisotopic (exact) mass is 274 g/mol. The van der Waals surface area contributed by atoms with Crippen molar-refractivity contribution in [2.75, 3.05) is 0 Å². The van der Waals surface area contributed by atoms with Crippen LogP contribution in [-0.2, 0) is 0 Å². The predicted molar refractivity (Wildman–Crippen MR) is 41.1 cm³/mol. The van der Waals surface area contributed by atoms with Gasteiger partial charge >= 0.3 is 5.56 Å². The maximum Gasteiger partial charge on any atom is 0.312 e. The van der Waals surface area contributed by atoms with E-state index in [2.05, 4.69) is 9.97 Å². The fraction of sp³-hybridized carbons (Fsp3) is 0. The summed E-state index contributed by atoms with van der Waals surface area (Å²) in [7, 11) is 0. The van der Waals surface area contributed by atoms with Gasteiger partial charge in [0.25, 0.3) is 0 Å². The van der Waals surface area contributed by atoms with E-state index in [0.717, 1.165) is 11.0 Å². The zero-order chi connectivity index (χ0) is 7.68. The van der Waals surface area contributed by atoms with Gasteiger partial charge in [0.2, 0.25) is 11.7 Å². The van der Waals surface area contributed by atoms with Gasteiger partial charge in [-0.2, -0.15) is 0 Å². The molecule has 1 aromatic carbocycles. The number of hydrogen-bond acceptors (Lipinski definition) is 1. The molecule has 0 aliphatic heterocycles. The van der Waals surface area contributed by atoms with Gasteiger partial charge in [-0.05, 0) is 6.07 Å². The maximum atomic E-state index is 10.8. The molecule has 3 nitrogen and oxygen atoms in total. The molecule has 1 aromatic heterocycles. The van der Waals surface area contributed by atoms with Gasteiger partial charge in [0, 0.05) is 6.07 Å². The molecule has 2 rings (SSSR count). The van der Waals surface area contributed by atoms with E-state index in [4.69, 9.17) is 0 Å². The molecule has 2 aromatic rings. The summed E-state index contributed by atoms with van der Waals surface area (Å²) in [6.07, 6.45) is 1.41. The highest BCUT2D eigenvalue weighted by atomic mass is 127. The van der Waals surface area contributed by atoms with E-state index < -0.39 is 0 Å². The molecule has 0 aliphatic carbocycles. The molecule has 0 aliphatic rings. The third-order valence-corrected chi connectivity index (χ3v) is 1.54. The Hall–Kier alpha value is -0.910. The van der Waals surface area contributed by atoms with Gasteiger partial charge in [0.1, 0.15) is 5.52 Å². The summed E-state index contributed by atoms with van der Waals surface area (Å²) in [6, 6.07) is 7.56. The second kappa shape index (κ2) is 3.66. The summed E-state index contributed by atoms with van der Waals surface area (Å²) in [4.78, 5) is 16.4. The first kappa shape index (κ1) is 9.18. The first-order valence-electron chi connectivity index (χ1n) is 3.36. The van der Waals surface area contributed by atoms with Crippen molar-refractivity contribution in [2.24, 2.45) is 0 Å². The predicted octanol–water partition coefficient (Wildman–Crippen LogP) is -2.65. The van der Waals surface area contributed by atoms with Crippen LogP contribution in [0.25, 0.3) is 11.0 Å². The molecule has 0 radical (unpaired) electrons. The Labute approximate surface area is 85.9 Å². The smallest absolute Gasteiger partial charge is 0.312 e. The normalized spacial score (nSPS) is 9.33. The Morgan fingerprint density at radius 1 is 1.25 bits per heavy atom. The number of fused-ring (bicyclic) bond motifs is 1. The van der Waals surface area contributed by atoms with Gasteiger partial charge in [-0.3, -0.25) is 4.79 Å². The van der Waals surface area contributed by atoms with Crippen LogP contribution in [-0.4, -0.2) is 4.98 Å². The molecule has 0 spiro atoms. The molecule has 1 heterocycles. The van der Waals surface area contributed by atoms with Crippen molar-refractivity contribution in [3.8, 4) is 0 Å². The quantitative estimate of drug-likeness (QED) is 0.524. The Morgan fingerprint density at radius 3 is 2.83 bits per heavy atom. The SMILES string of the molecule is O=c1c[nH+]c2ccccc2[nH]1.[I-]. The van der Waals surface area contributed by atoms with Gasteiger partial charge in [0.15, 0.2) is 0 Å². The number of halogens is 1. The number of benzene rings is 1. The molecule has 2 N–H and O–H groups in total. The highest BCUT2D eigenvalue weighted by molar-refractivity contribution is 5.69. The number of rotatable bonds is 0. The molecule has 0 saturated carbocycles. The Kier molecular flexibility index (Phi) is 2.80. The van der Waals surface area contributed by atoms with Crippen LogP contribution in [0.15, 0.2) is 35.3 Å². The van der Waals surface area contributed by atoms with Crippen molar-refractivity contribution in [1.82, 2.24) is 4.98 Å². The van der Waals surface area contributed by atoms with Crippen LogP contribution in [0.3, 0.4) is 0 Å². The number of aromatic nitrogens is 2. The van der Waals surface area contributed by atoms with E-state index in [1.54, 1.807) is 0 Å². The van der Waals surface area contributed by atoms with Gasteiger partial charge in [0.05, 0.1) is 0 Å². The number of hydrogen-bond donors (Lipinski definition) is 1. The average molecular weight is 274 g/mol. The Bertz CT molecular complexity index is 438. The van der Waals surface area contributed by atoms with Gasteiger partial charge in [-0.25, -0.2) is 4.98 Å². The van der Waals surface area contributed by atoms with Crippen molar-refractivity contribution in [1.29, 1.82) is 0 Å². The zero-order valence-electron chi connectivity index (χ0n) is 6.17. The van der Waals surface area contributed by atoms with Crippen molar-refractivity contribution in [2.45, 2.75) is 0 Å². The second-order valence-corrected chi connectivity index (χ2v) is 2.32. The van der Waals surface area contributed by atoms with E-state index in [0.29, 0.717) is 0 Å². The van der Waals surface area contributed by atoms with Crippen molar-refractivity contribution >= 4 is 11.0 Å². The minimum atomic E-state index is -0.108. The summed E-state index contributed by atoms with van der Waals surface area (Å²) >= 11 is 0. The Morgan fingerprint density at radius 2 is 2.00 bits per heavy atom. The Balaban J connectivity index is 0.000000720. The molecule has 4 heteroatoms. The highest BCUT2D eigenvalue weighted by Crippen LogP contribution is 1.99. The first-order chi connectivity index (χ1) is 5.36. The molecular weight excluding hydrogens is 267 g/mol. The highest BCUT2D eigenvalue weighted by Gasteiger charge is 1.97. The van der Waals surface area contributed by atoms with Crippen molar-refractivity contribution in [3.63, 3.8) is 0 Å². The van der Waals surface area contributed by atoms with Crippen LogP contribution in [0.1, 0.15) is 0 Å². The largest absolute Gasteiger partial charge is 1.00 e. The van der Waals surface area contributed by atoms with Crippen LogP contribution < -0.4 is 34.5 Å². The van der Waals surface area contributed by atoms with E-state index in [1.165, 1.54) is 6.20 Å². The summed E-state index contributed by atoms with van der Waals surface area (Å²) in [5.41, 5.74) is 1.66. The molecule has 0 saturated heterocycles. The number of aromatic amines is 2. The number of H-pyrrole nitrogens is 2. The lowest BCUT2D eigenvalue weighted by molar-refractivity contribution is -0.346. The fourth-order valence-electron chi connectivity index (χ4n) is 1.03. The minimum Gasteiger partial charge on any atom is -1.00 e. The minimum absolute atomic E-state index is 0. The standard InChI is InChI=1S/C8H6N2O.HI/c11-8-5-9-6-3-1-2-4-7(6)10-8;/h1-5H,(H,10,11);1H. The molecule has 62 valence electrons. The summed E-state index contributed by atoms with van der Waals surface area (Å²) in [5, 5.41) is 0. The van der Waals surface area contributed by atoms with Gasteiger partial charge in [-0.15, -0.1) is 0 Å². The lowest BCUT2D eigenvalue weighted by Crippen LogP contribution is -3.00. The second-order valence-electron chi connectivity index (χ2n) is 2.32. The summed E-state index contributed by atoms with van der Waals surface area (Å²) in [5.74, 6) is 0. The van der Waals surface area contributed by atoms with E-state index in [1.807, 2.05) is 24.3 Å². The number of nitrogens with one attached hydrogen (secondary N) is 2. The summed E-state index contributed by atoms with van der Waals surface area (Å²) < 4.78 is 0. The van der Waals surface area contributed by atoms with Crippen LogP contribution in [0.4, 0.5) is 0 Å². The molecular formula is C8H7IN2O. The third-order valence-electron chi connectivity index (χ3n) is 1.54. The molecule has 0 fully saturated rings. The maximum absolute atomic E-state index is 10.8. The van der Waals surface area contributed by atoms with E-state index in [9.17, 15) is 4.79 Å². The van der Waals surface area contributed by atoms with Crippen LogP contribution >= 0.6 is 0 Å². The zero-order valence-corrected chi connectivity index (χ0v) is 8.33. The van der Waals surface area contributed by atoms with E-state index in [-0.39, 0.29) is 29.5 Å². The van der Waals surface area contributed by atoms with Crippen LogP contribution in [0, 0.1) is 0 Å². The lowest BCUT2D eigenvalue weighted by Gasteiger charge is -1.86. The van der Waals surface area contributed by atoms with Crippen molar-refractivity contribution in [3.05, 3.63) is 40.8 Å². The molecule has 0 bridgehead atoms. The van der Waals surface area contributed by atoms with Gasteiger partial charge < -0.3 is 29.0 Å². The van der Waals surface area contributed by atoms with Crippen LogP contribution in [0.5, 0.6) is 0 Å². The van der Waals surface area contributed by atoms with Gasteiger partial charge in [-0.1, -0.05) is 12.1 Å². The topological polar surface area (TPSA) is 47.0 Å². The molecule has 12 heavy (non-hydrogen) atoms.